The molecule has 1 amide bonds. The highest BCUT2D eigenvalue weighted by Crippen LogP contribution is 2.32. The number of carbonyl (C=O) groups is 1. The highest BCUT2D eigenvalue weighted by molar-refractivity contribution is 5.86. The Labute approximate surface area is 185 Å². The summed E-state index contributed by atoms with van der Waals surface area (Å²) in [6, 6.07) is 5.95. The average Bonchev–Trinajstić information content (AvgIpc) is 3.16. The van der Waals surface area contributed by atoms with Crippen LogP contribution in [0.5, 0.6) is 11.5 Å². The molecule has 1 saturated heterocycles. The SMILES string of the molecule is COc1ccc(C(CNC(=O)C2(N)CCCC2)N2CCOCC2)cc1OC.Cl.Cl. The van der Waals surface area contributed by atoms with Crippen LogP contribution in [0, 0.1) is 0 Å². The summed E-state index contributed by atoms with van der Waals surface area (Å²) in [5, 5.41) is 3.11. The zero-order chi connectivity index (χ0) is 19.3. The maximum absolute atomic E-state index is 12.7. The second-order valence-electron chi connectivity index (χ2n) is 7.35. The molecular formula is C20H33Cl2N3O4. The van der Waals surface area contributed by atoms with Gasteiger partial charge in [-0.15, -0.1) is 24.8 Å². The molecular weight excluding hydrogens is 417 g/mol. The number of ether oxygens (including phenoxy) is 3. The minimum Gasteiger partial charge on any atom is -0.493 e. The largest absolute Gasteiger partial charge is 0.493 e. The van der Waals surface area contributed by atoms with Gasteiger partial charge in [-0.1, -0.05) is 18.9 Å². The maximum atomic E-state index is 12.7. The number of nitrogens with two attached hydrogens (primary N) is 1. The van der Waals surface area contributed by atoms with Crippen molar-refractivity contribution in [2.45, 2.75) is 37.3 Å². The summed E-state index contributed by atoms with van der Waals surface area (Å²) < 4.78 is 16.3. The number of rotatable bonds is 7. The molecule has 7 nitrogen and oxygen atoms in total. The lowest BCUT2D eigenvalue weighted by atomic mass is 9.97. The molecule has 1 saturated carbocycles. The lowest BCUT2D eigenvalue weighted by Gasteiger charge is -2.35. The van der Waals surface area contributed by atoms with Crippen molar-refractivity contribution >= 4 is 30.7 Å². The van der Waals surface area contributed by atoms with E-state index in [0.29, 0.717) is 31.3 Å². The van der Waals surface area contributed by atoms with Crippen LogP contribution in [0.25, 0.3) is 0 Å². The number of carbonyl (C=O) groups excluding carboxylic acids is 1. The van der Waals surface area contributed by atoms with E-state index in [-0.39, 0.29) is 36.8 Å². The van der Waals surface area contributed by atoms with Crippen LogP contribution in [-0.4, -0.2) is 63.4 Å². The molecule has 3 rings (SSSR count). The number of methoxy groups -OCH3 is 2. The topological polar surface area (TPSA) is 86.0 Å². The van der Waals surface area contributed by atoms with E-state index in [1.807, 2.05) is 18.2 Å². The zero-order valence-electron chi connectivity index (χ0n) is 17.1. The second kappa shape index (κ2) is 11.8. The number of hydrogen-bond donors (Lipinski definition) is 2. The Morgan fingerprint density at radius 3 is 2.38 bits per heavy atom. The van der Waals surface area contributed by atoms with Crippen LogP contribution in [0.2, 0.25) is 0 Å². The summed E-state index contributed by atoms with van der Waals surface area (Å²) in [5.41, 5.74) is 6.67. The van der Waals surface area contributed by atoms with Crippen LogP contribution in [-0.2, 0) is 9.53 Å². The number of nitrogens with one attached hydrogen (secondary N) is 1. The molecule has 2 fully saturated rings. The molecule has 1 heterocycles. The third-order valence-corrected chi connectivity index (χ3v) is 5.68. The fourth-order valence-corrected chi connectivity index (χ4v) is 4.01. The third kappa shape index (κ3) is 6.12. The lowest BCUT2D eigenvalue weighted by Crippen LogP contribution is -2.54. The average molecular weight is 450 g/mol. The van der Waals surface area contributed by atoms with Crippen LogP contribution in [0.3, 0.4) is 0 Å². The Kier molecular flexibility index (Phi) is 10.5. The predicted molar refractivity (Wildman–Crippen MR) is 118 cm³/mol. The van der Waals surface area contributed by atoms with Gasteiger partial charge in [0, 0.05) is 19.6 Å². The van der Waals surface area contributed by atoms with E-state index in [1.54, 1.807) is 14.2 Å². The van der Waals surface area contributed by atoms with Gasteiger partial charge in [0.05, 0.1) is 39.0 Å². The number of hydrogen-bond acceptors (Lipinski definition) is 6. The highest BCUT2D eigenvalue weighted by Gasteiger charge is 2.37. The quantitative estimate of drug-likeness (QED) is 0.663. The van der Waals surface area contributed by atoms with Gasteiger partial charge in [-0.05, 0) is 30.5 Å². The molecule has 0 radical (unpaired) electrons. The summed E-state index contributed by atoms with van der Waals surface area (Å²) >= 11 is 0. The number of morpholine rings is 1. The molecule has 1 aliphatic heterocycles. The standard InChI is InChI=1S/C20H31N3O4.2ClH/c1-25-17-6-5-15(13-18(17)26-2)16(23-9-11-27-12-10-23)14-22-19(24)20(21)7-3-4-8-20;;/h5-6,13,16H,3-4,7-12,14,21H2,1-2H3,(H,22,24);2*1H. The lowest BCUT2D eigenvalue weighted by molar-refractivity contribution is -0.126. The fourth-order valence-electron chi connectivity index (χ4n) is 4.01. The molecule has 9 heteroatoms. The number of nitrogens with zero attached hydrogens (tertiary/aromatic N) is 1. The monoisotopic (exact) mass is 449 g/mol. The van der Waals surface area contributed by atoms with Crippen LogP contribution >= 0.6 is 24.8 Å². The second-order valence-corrected chi connectivity index (χ2v) is 7.35. The van der Waals surface area contributed by atoms with E-state index in [1.165, 1.54) is 0 Å². The number of benzene rings is 1. The maximum Gasteiger partial charge on any atom is 0.240 e. The van der Waals surface area contributed by atoms with Gasteiger partial charge in [0.25, 0.3) is 0 Å². The van der Waals surface area contributed by atoms with Crippen molar-refractivity contribution in [2.75, 3.05) is 47.1 Å². The Hall–Kier alpha value is -1.25. The predicted octanol–water partition coefficient (Wildman–Crippen LogP) is 2.31. The normalized spacial score (nSPS) is 19.4. The molecule has 1 aromatic carbocycles. The van der Waals surface area contributed by atoms with Crippen LogP contribution < -0.4 is 20.5 Å². The molecule has 1 unspecified atom stereocenters. The van der Waals surface area contributed by atoms with E-state index in [9.17, 15) is 4.79 Å². The molecule has 1 aliphatic carbocycles. The zero-order valence-corrected chi connectivity index (χ0v) is 18.8. The Morgan fingerprint density at radius 1 is 1.17 bits per heavy atom. The molecule has 0 spiro atoms. The Morgan fingerprint density at radius 2 is 1.79 bits per heavy atom. The first kappa shape index (κ1) is 25.8. The Balaban J connectivity index is 0.00000210. The minimum atomic E-state index is -0.715. The highest BCUT2D eigenvalue weighted by atomic mass is 35.5. The first-order chi connectivity index (χ1) is 13.1. The van der Waals surface area contributed by atoms with Gasteiger partial charge >= 0.3 is 0 Å². The molecule has 1 atom stereocenters. The van der Waals surface area contributed by atoms with Gasteiger partial charge in [-0.3, -0.25) is 9.69 Å². The third-order valence-electron chi connectivity index (χ3n) is 5.68. The van der Waals surface area contributed by atoms with Gasteiger partial charge in [0.2, 0.25) is 5.91 Å². The van der Waals surface area contributed by atoms with Crippen molar-refractivity contribution in [1.82, 2.24) is 10.2 Å². The molecule has 0 aromatic heterocycles. The molecule has 3 N–H and O–H groups in total. The van der Waals surface area contributed by atoms with E-state index < -0.39 is 5.54 Å². The van der Waals surface area contributed by atoms with Crippen LogP contribution in [0.4, 0.5) is 0 Å². The van der Waals surface area contributed by atoms with E-state index >= 15 is 0 Å². The van der Waals surface area contributed by atoms with Gasteiger partial charge in [-0.2, -0.15) is 0 Å². The number of halogens is 2. The first-order valence-electron chi connectivity index (χ1n) is 9.68. The van der Waals surface area contributed by atoms with Gasteiger partial charge in [-0.25, -0.2) is 0 Å². The van der Waals surface area contributed by atoms with Gasteiger partial charge in [0.15, 0.2) is 11.5 Å². The van der Waals surface area contributed by atoms with E-state index in [4.69, 9.17) is 19.9 Å². The van der Waals surface area contributed by atoms with Crippen molar-refractivity contribution in [3.63, 3.8) is 0 Å². The van der Waals surface area contributed by atoms with Crippen molar-refractivity contribution in [3.05, 3.63) is 23.8 Å². The van der Waals surface area contributed by atoms with E-state index in [2.05, 4.69) is 10.2 Å². The smallest absolute Gasteiger partial charge is 0.240 e. The molecule has 1 aromatic rings. The van der Waals surface area contributed by atoms with Gasteiger partial charge < -0.3 is 25.3 Å². The summed E-state index contributed by atoms with van der Waals surface area (Å²) in [6.07, 6.45) is 3.56. The van der Waals surface area contributed by atoms with Crippen molar-refractivity contribution < 1.29 is 19.0 Å². The van der Waals surface area contributed by atoms with Crippen molar-refractivity contribution in [1.29, 1.82) is 0 Å². The summed E-state index contributed by atoms with van der Waals surface area (Å²) in [4.78, 5) is 15.0. The van der Waals surface area contributed by atoms with Crippen LogP contribution in [0.1, 0.15) is 37.3 Å². The molecule has 29 heavy (non-hydrogen) atoms. The summed E-state index contributed by atoms with van der Waals surface area (Å²) in [5.74, 6) is 1.34. The van der Waals surface area contributed by atoms with Crippen LogP contribution in [0.15, 0.2) is 18.2 Å². The fraction of sp³-hybridized carbons (Fsp3) is 0.650. The van der Waals surface area contributed by atoms with Gasteiger partial charge in [0.1, 0.15) is 0 Å². The molecule has 2 aliphatic rings. The minimum absolute atomic E-state index is 0. The first-order valence-corrected chi connectivity index (χ1v) is 9.68. The Bertz CT molecular complexity index is 651. The van der Waals surface area contributed by atoms with E-state index in [0.717, 1.165) is 44.3 Å². The van der Waals surface area contributed by atoms with Crippen molar-refractivity contribution in [3.8, 4) is 11.5 Å². The summed E-state index contributed by atoms with van der Waals surface area (Å²) in [7, 11) is 3.25. The van der Waals surface area contributed by atoms with Crippen molar-refractivity contribution in [2.24, 2.45) is 5.73 Å². The number of amides is 1. The summed E-state index contributed by atoms with van der Waals surface area (Å²) in [6.45, 7) is 3.54. The molecule has 0 bridgehead atoms. The molecule has 166 valence electrons.